The van der Waals surface area contributed by atoms with Crippen LogP contribution in [0.1, 0.15) is 5.89 Å². The van der Waals surface area contributed by atoms with Crippen LogP contribution in [0.15, 0.2) is 33.3 Å². The van der Waals surface area contributed by atoms with Crippen LogP contribution in [0.3, 0.4) is 0 Å². The van der Waals surface area contributed by atoms with E-state index < -0.39 is 0 Å². The number of aromatic nitrogens is 2. The Labute approximate surface area is 131 Å². The fourth-order valence-corrected chi connectivity index (χ4v) is 2.21. The zero-order valence-corrected chi connectivity index (χ0v) is 13.8. The SMILES string of the molecule is CN(C)C(=O)C[NH+](C)Cc1nc(-c2cccc(Br)c2)no1. The van der Waals surface area contributed by atoms with Crippen LogP contribution in [0.25, 0.3) is 11.4 Å². The lowest BCUT2D eigenvalue weighted by molar-refractivity contribution is -0.887. The fourth-order valence-electron chi connectivity index (χ4n) is 1.81. The number of carbonyl (C=O) groups excluding carboxylic acids is 1. The van der Waals surface area contributed by atoms with E-state index in [0.717, 1.165) is 14.9 Å². The minimum Gasteiger partial charge on any atom is -0.344 e. The monoisotopic (exact) mass is 353 g/mol. The fraction of sp³-hybridized carbons (Fsp3) is 0.357. The Bertz CT molecular complexity index is 627. The van der Waals surface area contributed by atoms with E-state index in [-0.39, 0.29) is 5.91 Å². The number of rotatable bonds is 5. The highest BCUT2D eigenvalue weighted by Crippen LogP contribution is 2.20. The molecule has 7 heteroatoms. The van der Waals surface area contributed by atoms with Gasteiger partial charge in [-0.2, -0.15) is 4.98 Å². The zero-order valence-electron chi connectivity index (χ0n) is 12.3. The minimum atomic E-state index is 0.0687. The Morgan fingerprint density at radius 1 is 1.43 bits per heavy atom. The van der Waals surface area contributed by atoms with Gasteiger partial charge in [0.05, 0.1) is 7.05 Å². The van der Waals surface area contributed by atoms with Gasteiger partial charge in [0.15, 0.2) is 13.1 Å². The molecule has 1 amide bonds. The van der Waals surface area contributed by atoms with Crippen LogP contribution >= 0.6 is 15.9 Å². The van der Waals surface area contributed by atoms with Gasteiger partial charge < -0.3 is 14.3 Å². The van der Waals surface area contributed by atoms with E-state index in [2.05, 4.69) is 26.1 Å². The van der Waals surface area contributed by atoms with Crippen molar-refractivity contribution in [1.82, 2.24) is 15.0 Å². The summed E-state index contributed by atoms with van der Waals surface area (Å²) in [5.74, 6) is 1.14. The normalized spacial score (nSPS) is 12.2. The maximum absolute atomic E-state index is 11.6. The number of hydrogen-bond acceptors (Lipinski definition) is 4. The minimum absolute atomic E-state index is 0.0687. The van der Waals surface area contributed by atoms with Crippen molar-refractivity contribution in [2.24, 2.45) is 0 Å². The molecule has 2 rings (SSSR count). The number of quaternary nitrogens is 1. The Morgan fingerprint density at radius 2 is 2.19 bits per heavy atom. The number of likely N-dealkylation sites (N-methyl/N-ethyl adjacent to an activating group) is 2. The largest absolute Gasteiger partial charge is 0.344 e. The van der Waals surface area contributed by atoms with Crippen LogP contribution in [-0.4, -0.2) is 48.6 Å². The summed E-state index contributed by atoms with van der Waals surface area (Å²) in [6.45, 7) is 0.905. The predicted molar refractivity (Wildman–Crippen MR) is 81.6 cm³/mol. The van der Waals surface area contributed by atoms with Gasteiger partial charge in [-0.15, -0.1) is 0 Å². The molecule has 112 valence electrons. The molecule has 1 unspecified atom stereocenters. The molecule has 0 bridgehead atoms. The molecule has 1 N–H and O–H groups in total. The number of halogens is 1. The first-order valence-electron chi connectivity index (χ1n) is 6.55. The first kappa shape index (κ1) is 15.7. The quantitative estimate of drug-likeness (QED) is 0.854. The summed E-state index contributed by atoms with van der Waals surface area (Å²) >= 11 is 3.41. The van der Waals surface area contributed by atoms with Crippen molar-refractivity contribution in [3.8, 4) is 11.4 Å². The third-order valence-electron chi connectivity index (χ3n) is 2.96. The van der Waals surface area contributed by atoms with Gasteiger partial charge in [0.1, 0.15) is 0 Å². The maximum Gasteiger partial charge on any atom is 0.282 e. The zero-order chi connectivity index (χ0) is 15.4. The lowest BCUT2D eigenvalue weighted by Crippen LogP contribution is -3.08. The van der Waals surface area contributed by atoms with E-state index in [1.807, 2.05) is 31.3 Å². The van der Waals surface area contributed by atoms with E-state index in [0.29, 0.717) is 24.8 Å². The summed E-state index contributed by atoms with van der Waals surface area (Å²) in [6.07, 6.45) is 0. The molecule has 6 nitrogen and oxygen atoms in total. The summed E-state index contributed by atoms with van der Waals surface area (Å²) in [4.78, 5) is 18.6. The molecule has 1 atom stereocenters. The second kappa shape index (κ2) is 6.82. The standard InChI is InChI=1S/C14H17BrN4O2/c1-18(2)13(20)9-19(3)8-12-16-14(17-21-12)10-5-4-6-11(15)7-10/h4-7H,8-9H2,1-3H3/p+1. The Morgan fingerprint density at radius 3 is 2.86 bits per heavy atom. The molecule has 1 aromatic carbocycles. The second-order valence-electron chi connectivity index (χ2n) is 5.12. The molecular weight excluding hydrogens is 336 g/mol. The Kier molecular flexibility index (Phi) is 5.08. The van der Waals surface area contributed by atoms with Crippen LogP contribution < -0.4 is 4.90 Å². The van der Waals surface area contributed by atoms with Crippen molar-refractivity contribution in [2.75, 3.05) is 27.7 Å². The third kappa shape index (κ3) is 4.37. The molecule has 21 heavy (non-hydrogen) atoms. The van der Waals surface area contributed by atoms with Gasteiger partial charge in [0, 0.05) is 24.1 Å². The average molecular weight is 354 g/mol. The molecule has 0 fully saturated rings. The van der Waals surface area contributed by atoms with Crippen molar-refractivity contribution < 1.29 is 14.2 Å². The molecule has 0 spiro atoms. The molecule has 0 aliphatic rings. The number of carbonyl (C=O) groups is 1. The summed E-state index contributed by atoms with van der Waals surface area (Å²) in [5.41, 5.74) is 0.890. The van der Waals surface area contributed by atoms with Gasteiger partial charge in [0.2, 0.25) is 5.82 Å². The van der Waals surface area contributed by atoms with E-state index in [1.165, 1.54) is 0 Å². The molecule has 0 saturated heterocycles. The molecule has 0 aliphatic heterocycles. The average Bonchev–Trinajstić information content (AvgIpc) is 2.86. The smallest absolute Gasteiger partial charge is 0.282 e. The number of nitrogens with one attached hydrogen (secondary N) is 1. The highest BCUT2D eigenvalue weighted by atomic mass is 79.9. The third-order valence-corrected chi connectivity index (χ3v) is 3.45. The summed E-state index contributed by atoms with van der Waals surface area (Å²) < 4.78 is 6.21. The lowest BCUT2D eigenvalue weighted by atomic mass is 10.2. The number of amides is 1. The van der Waals surface area contributed by atoms with Crippen molar-refractivity contribution in [3.63, 3.8) is 0 Å². The van der Waals surface area contributed by atoms with Crippen molar-refractivity contribution in [1.29, 1.82) is 0 Å². The molecular formula is C14H18BrN4O2+. The number of benzene rings is 1. The molecule has 0 saturated carbocycles. The topological polar surface area (TPSA) is 63.7 Å². The molecule has 1 heterocycles. The van der Waals surface area contributed by atoms with Gasteiger partial charge in [-0.1, -0.05) is 33.2 Å². The Hall–Kier alpha value is -1.73. The highest BCUT2D eigenvalue weighted by molar-refractivity contribution is 9.10. The first-order valence-corrected chi connectivity index (χ1v) is 7.35. The van der Waals surface area contributed by atoms with E-state index >= 15 is 0 Å². The number of hydrogen-bond donors (Lipinski definition) is 1. The summed E-state index contributed by atoms with van der Waals surface area (Å²) in [6, 6.07) is 7.71. The number of nitrogens with zero attached hydrogens (tertiary/aromatic N) is 3. The van der Waals surface area contributed by atoms with Crippen molar-refractivity contribution in [3.05, 3.63) is 34.6 Å². The van der Waals surface area contributed by atoms with Crippen LogP contribution in [0, 0.1) is 0 Å². The van der Waals surface area contributed by atoms with Crippen LogP contribution in [-0.2, 0) is 11.3 Å². The van der Waals surface area contributed by atoms with Gasteiger partial charge >= 0.3 is 0 Å². The lowest BCUT2D eigenvalue weighted by Gasteiger charge is -2.14. The van der Waals surface area contributed by atoms with Gasteiger partial charge in [0.25, 0.3) is 11.8 Å². The molecule has 1 aromatic heterocycles. The molecule has 2 aromatic rings. The van der Waals surface area contributed by atoms with Gasteiger partial charge in [-0.25, -0.2) is 0 Å². The first-order chi connectivity index (χ1) is 9.95. The maximum atomic E-state index is 11.6. The second-order valence-corrected chi connectivity index (χ2v) is 6.04. The summed E-state index contributed by atoms with van der Waals surface area (Å²) in [7, 11) is 5.41. The van der Waals surface area contributed by atoms with Crippen molar-refractivity contribution in [2.45, 2.75) is 6.54 Å². The van der Waals surface area contributed by atoms with Gasteiger partial charge in [-0.3, -0.25) is 4.79 Å². The Balaban J connectivity index is 2.02. The molecule has 0 radical (unpaired) electrons. The van der Waals surface area contributed by atoms with E-state index in [4.69, 9.17) is 4.52 Å². The van der Waals surface area contributed by atoms with Gasteiger partial charge in [-0.05, 0) is 12.1 Å². The summed E-state index contributed by atoms with van der Waals surface area (Å²) in [5, 5.41) is 3.98. The van der Waals surface area contributed by atoms with Crippen molar-refractivity contribution >= 4 is 21.8 Å². The van der Waals surface area contributed by atoms with E-state index in [1.54, 1.807) is 19.0 Å². The van der Waals surface area contributed by atoms with Crippen LogP contribution in [0.4, 0.5) is 0 Å². The van der Waals surface area contributed by atoms with E-state index in [9.17, 15) is 4.79 Å². The highest BCUT2D eigenvalue weighted by Gasteiger charge is 2.16. The van der Waals surface area contributed by atoms with Crippen LogP contribution in [0.2, 0.25) is 0 Å². The predicted octanol–water partition coefficient (Wildman–Crippen LogP) is 0.602. The molecule has 0 aliphatic carbocycles. The van der Waals surface area contributed by atoms with Crippen LogP contribution in [0.5, 0.6) is 0 Å².